The first-order chi connectivity index (χ1) is 18.2. The molecule has 1 aliphatic rings. The molecule has 3 aromatic carbocycles. The average Bonchev–Trinajstić information content (AvgIpc) is 2.90. The predicted octanol–water partition coefficient (Wildman–Crippen LogP) is 6.66. The van der Waals surface area contributed by atoms with Crippen LogP contribution in [0.15, 0.2) is 71.8 Å². The zero-order chi connectivity index (χ0) is 27.2. The number of ketones is 1. The predicted molar refractivity (Wildman–Crippen MR) is 136 cm³/mol. The molecule has 0 unspecified atom stereocenters. The summed E-state index contributed by atoms with van der Waals surface area (Å²) in [5.41, 5.74) is 1.44. The number of nitrogens with one attached hydrogen (secondary N) is 1. The summed E-state index contributed by atoms with van der Waals surface area (Å²) in [5, 5.41) is 2.91. The number of Topliss-reactive ketones (excluding diaryl/α,β-unsaturated/α-hetero) is 1. The van der Waals surface area contributed by atoms with Gasteiger partial charge in [0.2, 0.25) is 0 Å². The molecule has 0 aliphatic heterocycles. The van der Waals surface area contributed by atoms with Gasteiger partial charge < -0.3 is 10.1 Å². The summed E-state index contributed by atoms with van der Waals surface area (Å²) in [6.45, 7) is 2.54. The lowest BCUT2D eigenvalue weighted by Crippen LogP contribution is -2.39. The van der Waals surface area contributed by atoms with Crippen molar-refractivity contribution in [3.05, 3.63) is 112 Å². The fourth-order valence-electron chi connectivity index (χ4n) is 4.14. The SMILES string of the molecule is CCCOc1ccc(C(=O)NC2C/C(=C\c3ccc(F)c(F)c3)C(=O)/C(=C/c3ccc(F)c(F)c3)C2)cc1. The first kappa shape index (κ1) is 26.9. The normalized spacial score (nSPS) is 17.6. The van der Waals surface area contributed by atoms with Crippen LogP contribution in [0.2, 0.25) is 0 Å². The lowest BCUT2D eigenvalue weighted by Gasteiger charge is -2.27. The van der Waals surface area contributed by atoms with E-state index in [1.807, 2.05) is 6.92 Å². The monoisotopic (exact) mass is 523 g/mol. The van der Waals surface area contributed by atoms with E-state index in [9.17, 15) is 27.2 Å². The third-order valence-electron chi connectivity index (χ3n) is 6.01. The van der Waals surface area contributed by atoms with E-state index in [0.717, 1.165) is 30.7 Å². The Morgan fingerprint density at radius 1 is 0.842 bits per heavy atom. The van der Waals surface area contributed by atoms with Gasteiger partial charge in [0.25, 0.3) is 5.91 Å². The third-order valence-corrected chi connectivity index (χ3v) is 6.01. The highest BCUT2D eigenvalue weighted by Gasteiger charge is 2.29. The summed E-state index contributed by atoms with van der Waals surface area (Å²) in [6.07, 6.45) is 3.99. The lowest BCUT2D eigenvalue weighted by atomic mass is 9.83. The van der Waals surface area contributed by atoms with Gasteiger partial charge in [0.05, 0.1) is 6.61 Å². The van der Waals surface area contributed by atoms with Crippen LogP contribution < -0.4 is 10.1 Å². The van der Waals surface area contributed by atoms with Gasteiger partial charge in [-0.1, -0.05) is 19.1 Å². The van der Waals surface area contributed by atoms with Gasteiger partial charge in [-0.25, -0.2) is 17.6 Å². The van der Waals surface area contributed by atoms with Crippen LogP contribution in [0.1, 0.15) is 47.7 Å². The van der Waals surface area contributed by atoms with E-state index in [-0.39, 0.29) is 46.8 Å². The number of hydrogen-bond donors (Lipinski definition) is 1. The molecule has 0 radical (unpaired) electrons. The van der Waals surface area contributed by atoms with E-state index in [2.05, 4.69) is 5.32 Å². The minimum atomic E-state index is -1.06. The van der Waals surface area contributed by atoms with E-state index in [1.165, 1.54) is 24.3 Å². The van der Waals surface area contributed by atoms with Crippen molar-refractivity contribution < 1.29 is 31.9 Å². The van der Waals surface area contributed by atoms with Crippen molar-refractivity contribution in [1.82, 2.24) is 5.32 Å². The molecule has 196 valence electrons. The molecule has 4 nitrogen and oxygen atoms in total. The fourth-order valence-corrected chi connectivity index (χ4v) is 4.14. The topological polar surface area (TPSA) is 55.4 Å². The molecule has 8 heteroatoms. The first-order valence-electron chi connectivity index (χ1n) is 12.1. The Kier molecular flexibility index (Phi) is 8.41. The molecular weight excluding hydrogens is 498 g/mol. The Morgan fingerprint density at radius 2 is 1.37 bits per heavy atom. The highest BCUT2D eigenvalue weighted by atomic mass is 19.2. The van der Waals surface area contributed by atoms with E-state index >= 15 is 0 Å². The van der Waals surface area contributed by atoms with Crippen molar-refractivity contribution in [1.29, 1.82) is 0 Å². The van der Waals surface area contributed by atoms with Gasteiger partial charge in [0.1, 0.15) is 5.75 Å². The van der Waals surface area contributed by atoms with E-state index < -0.39 is 29.3 Å². The summed E-state index contributed by atoms with van der Waals surface area (Å²) >= 11 is 0. The molecule has 1 fully saturated rings. The molecule has 0 bridgehead atoms. The highest BCUT2D eigenvalue weighted by molar-refractivity contribution is 6.14. The van der Waals surface area contributed by atoms with Gasteiger partial charge in [0, 0.05) is 22.8 Å². The average molecular weight is 524 g/mol. The molecule has 1 aliphatic carbocycles. The number of halogens is 4. The second-order valence-corrected chi connectivity index (χ2v) is 8.97. The molecule has 0 aromatic heterocycles. The maximum absolute atomic E-state index is 13.8. The molecule has 1 saturated carbocycles. The number of carbonyl (C=O) groups is 2. The summed E-state index contributed by atoms with van der Waals surface area (Å²) < 4.78 is 59.8. The summed E-state index contributed by atoms with van der Waals surface area (Å²) in [5.74, 6) is -4.27. The maximum atomic E-state index is 13.8. The molecule has 0 heterocycles. The minimum Gasteiger partial charge on any atom is -0.494 e. The van der Waals surface area contributed by atoms with Crippen molar-refractivity contribution in [3.8, 4) is 5.75 Å². The van der Waals surface area contributed by atoms with E-state index in [0.29, 0.717) is 17.9 Å². The summed E-state index contributed by atoms with van der Waals surface area (Å²) in [7, 11) is 0. The number of benzene rings is 3. The van der Waals surface area contributed by atoms with Crippen LogP contribution in [0.4, 0.5) is 17.6 Å². The second-order valence-electron chi connectivity index (χ2n) is 8.97. The Bertz CT molecular complexity index is 1340. The molecular formula is C30H25F4NO3. The quantitative estimate of drug-likeness (QED) is 0.278. The lowest BCUT2D eigenvalue weighted by molar-refractivity contribution is -0.113. The summed E-state index contributed by atoms with van der Waals surface area (Å²) in [4.78, 5) is 26.2. The van der Waals surface area contributed by atoms with Crippen LogP contribution in [0.3, 0.4) is 0 Å². The second kappa shape index (κ2) is 11.9. The van der Waals surface area contributed by atoms with E-state index in [1.54, 1.807) is 24.3 Å². The van der Waals surface area contributed by atoms with Crippen molar-refractivity contribution in [2.75, 3.05) is 6.61 Å². The van der Waals surface area contributed by atoms with Gasteiger partial charge in [0.15, 0.2) is 29.1 Å². The molecule has 3 aromatic rings. The van der Waals surface area contributed by atoms with Gasteiger partial charge in [-0.05, 0) is 91.1 Å². The van der Waals surface area contributed by atoms with Crippen LogP contribution >= 0.6 is 0 Å². The molecule has 0 saturated heterocycles. The molecule has 4 rings (SSSR count). The summed E-state index contributed by atoms with van der Waals surface area (Å²) in [6, 6.07) is 12.6. The number of rotatable bonds is 7. The van der Waals surface area contributed by atoms with Crippen LogP contribution in [-0.4, -0.2) is 24.3 Å². The number of hydrogen-bond acceptors (Lipinski definition) is 3. The van der Waals surface area contributed by atoms with Crippen molar-refractivity contribution >= 4 is 23.8 Å². The largest absolute Gasteiger partial charge is 0.494 e. The Balaban J connectivity index is 1.62. The van der Waals surface area contributed by atoms with Crippen LogP contribution in [-0.2, 0) is 4.79 Å². The van der Waals surface area contributed by atoms with Gasteiger partial charge >= 0.3 is 0 Å². The number of carbonyl (C=O) groups excluding carboxylic acids is 2. The van der Waals surface area contributed by atoms with Gasteiger partial charge in [-0.15, -0.1) is 0 Å². The zero-order valence-electron chi connectivity index (χ0n) is 20.6. The Morgan fingerprint density at radius 3 is 1.84 bits per heavy atom. The maximum Gasteiger partial charge on any atom is 0.251 e. The standard InChI is InChI=1S/C30H25F4NO3/c1-2-11-38-24-7-5-20(6-8-24)30(37)35-23-16-21(12-18-3-9-25(31)27(33)14-18)29(36)22(17-23)13-19-4-10-26(32)28(34)15-19/h3-10,12-15,23H,2,11,16-17H2,1H3,(H,35,37)/b21-12+,22-13+. The molecule has 38 heavy (non-hydrogen) atoms. The molecule has 1 N–H and O–H groups in total. The highest BCUT2D eigenvalue weighted by Crippen LogP contribution is 2.29. The van der Waals surface area contributed by atoms with Crippen molar-refractivity contribution in [2.45, 2.75) is 32.2 Å². The molecule has 1 amide bonds. The van der Waals surface area contributed by atoms with Gasteiger partial charge in [-0.3, -0.25) is 9.59 Å². The smallest absolute Gasteiger partial charge is 0.251 e. The Labute approximate surface area is 217 Å². The van der Waals surface area contributed by atoms with Crippen LogP contribution in [0.25, 0.3) is 12.2 Å². The van der Waals surface area contributed by atoms with Crippen molar-refractivity contribution in [3.63, 3.8) is 0 Å². The first-order valence-corrected chi connectivity index (χ1v) is 12.1. The Hall–Kier alpha value is -4.20. The third kappa shape index (κ3) is 6.56. The molecule has 0 spiro atoms. The van der Waals surface area contributed by atoms with E-state index in [4.69, 9.17) is 4.74 Å². The van der Waals surface area contributed by atoms with Crippen LogP contribution in [0, 0.1) is 23.3 Å². The van der Waals surface area contributed by atoms with Crippen molar-refractivity contribution in [2.24, 2.45) is 0 Å². The fraction of sp³-hybridized carbons (Fsp3) is 0.200. The minimum absolute atomic E-state index is 0.135. The van der Waals surface area contributed by atoms with Crippen LogP contribution in [0.5, 0.6) is 5.75 Å². The number of amides is 1. The van der Waals surface area contributed by atoms with Gasteiger partial charge in [-0.2, -0.15) is 0 Å². The molecule has 0 atom stereocenters. The number of ether oxygens (including phenoxy) is 1. The zero-order valence-corrected chi connectivity index (χ0v) is 20.6.